The number of amides is 3. The molecule has 0 aliphatic rings. The standard InChI is InChI=1S/C16H27N7O9/c17-12(7(5-24)1-2-20-16(18)19)14(30)21-4-10(26)22-8(3-11(27)28)13(29)23-9(6-25)15(31)32/h5,7-9,12,25H,1-4,6,17H2,(H,21,30)(H,22,26)(H,23,29)(H,27,28)(H,31,32)(H4,18,19,20)/t7?,8-,9-,12-/m0/s1. The number of hydrogen-bond acceptors (Lipinski definition) is 9. The van der Waals surface area contributed by atoms with Gasteiger partial charge in [0, 0.05) is 12.5 Å². The molecule has 4 atom stereocenters. The van der Waals surface area contributed by atoms with Gasteiger partial charge in [-0.05, 0) is 6.42 Å². The molecule has 0 aromatic heterocycles. The second-order valence-corrected chi connectivity index (χ2v) is 6.47. The van der Waals surface area contributed by atoms with Crippen LogP contribution in [0.5, 0.6) is 0 Å². The van der Waals surface area contributed by atoms with Gasteiger partial charge in [0.25, 0.3) is 0 Å². The maximum atomic E-state index is 12.1. The van der Waals surface area contributed by atoms with E-state index in [9.17, 15) is 28.8 Å². The summed E-state index contributed by atoms with van der Waals surface area (Å²) >= 11 is 0. The third-order valence-corrected chi connectivity index (χ3v) is 3.98. The van der Waals surface area contributed by atoms with Crippen molar-refractivity contribution in [3.63, 3.8) is 0 Å². The van der Waals surface area contributed by atoms with Crippen molar-refractivity contribution in [1.82, 2.24) is 21.3 Å². The Bertz CT molecular complexity index is 731. The zero-order valence-electron chi connectivity index (χ0n) is 16.9. The summed E-state index contributed by atoms with van der Waals surface area (Å²) < 4.78 is 0. The van der Waals surface area contributed by atoms with Crippen LogP contribution in [-0.2, 0) is 28.8 Å². The molecule has 0 saturated carbocycles. The number of rotatable bonds is 15. The van der Waals surface area contributed by atoms with Crippen molar-refractivity contribution in [2.75, 3.05) is 19.7 Å². The molecule has 0 aromatic carbocycles. The summed E-state index contributed by atoms with van der Waals surface area (Å²) in [5, 5.41) is 42.1. The van der Waals surface area contributed by atoms with Gasteiger partial charge in [0.05, 0.1) is 25.6 Å². The van der Waals surface area contributed by atoms with Crippen LogP contribution in [-0.4, -0.2) is 95.0 Å². The van der Waals surface area contributed by atoms with Gasteiger partial charge >= 0.3 is 11.9 Å². The number of carboxylic acids is 2. The monoisotopic (exact) mass is 461 g/mol. The van der Waals surface area contributed by atoms with E-state index in [2.05, 4.69) is 10.6 Å². The first-order valence-electron chi connectivity index (χ1n) is 9.14. The van der Waals surface area contributed by atoms with Crippen molar-refractivity contribution in [3.8, 4) is 0 Å². The average molecular weight is 461 g/mol. The highest BCUT2D eigenvalue weighted by Gasteiger charge is 2.29. The third-order valence-electron chi connectivity index (χ3n) is 3.98. The molecule has 1 unspecified atom stereocenters. The molecule has 0 fully saturated rings. The van der Waals surface area contributed by atoms with Crippen LogP contribution in [0.4, 0.5) is 0 Å². The summed E-state index contributed by atoms with van der Waals surface area (Å²) in [5.74, 6) is -7.41. The lowest BCUT2D eigenvalue weighted by Crippen LogP contribution is -2.55. The van der Waals surface area contributed by atoms with Gasteiger partial charge in [0.2, 0.25) is 17.7 Å². The minimum Gasteiger partial charge on any atom is -0.481 e. The molecule has 0 rings (SSSR count). The largest absolute Gasteiger partial charge is 0.481 e. The summed E-state index contributed by atoms with van der Waals surface area (Å²) in [4.78, 5) is 69.1. The number of aliphatic hydroxyl groups excluding tert-OH is 1. The van der Waals surface area contributed by atoms with Crippen LogP contribution < -0.4 is 32.7 Å². The molecule has 0 aliphatic heterocycles. The Balaban J connectivity index is 4.87. The maximum absolute atomic E-state index is 12.1. The topological polar surface area (TPSA) is 287 Å². The number of carbonyl (C=O) groups is 6. The second kappa shape index (κ2) is 14.3. The molecule has 16 heteroatoms. The lowest BCUT2D eigenvalue weighted by atomic mass is 9.97. The summed E-state index contributed by atoms with van der Waals surface area (Å²) in [6, 6.07) is -4.75. The first-order chi connectivity index (χ1) is 14.9. The van der Waals surface area contributed by atoms with Crippen molar-refractivity contribution < 1.29 is 44.1 Å². The van der Waals surface area contributed by atoms with E-state index in [1.807, 2.05) is 10.6 Å². The lowest BCUT2D eigenvalue weighted by Gasteiger charge is -2.20. The van der Waals surface area contributed by atoms with Gasteiger partial charge in [-0.15, -0.1) is 0 Å². The molecule has 0 radical (unpaired) electrons. The number of nitrogens with one attached hydrogen (secondary N) is 5. The fourth-order valence-corrected chi connectivity index (χ4v) is 2.27. The van der Waals surface area contributed by atoms with Gasteiger partial charge in [-0.2, -0.15) is 0 Å². The van der Waals surface area contributed by atoms with Crippen molar-refractivity contribution in [3.05, 3.63) is 0 Å². The Kier molecular flexibility index (Phi) is 12.6. The van der Waals surface area contributed by atoms with E-state index in [0.717, 1.165) is 0 Å². The molecule has 0 bridgehead atoms. The fraction of sp³-hybridized carbons (Fsp3) is 0.562. The number of aliphatic hydroxyl groups is 1. The van der Waals surface area contributed by atoms with Crippen LogP contribution in [0, 0.1) is 11.3 Å². The third kappa shape index (κ3) is 10.8. The maximum Gasteiger partial charge on any atom is 0.328 e. The van der Waals surface area contributed by atoms with Gasteiger partial charge in [-0.3, -0.25) is 24.6 Å². The van der Waals surface area contributed by atoms with Crippen LogP contribution in [0.3, 0.4) is 0 Å². The molecule has 16 nitrogen and oxygen atoms in total. The van der Waals surface area contributed by atoms with E-state index in [-0.39, 0.29) is 18.9 Å². The normalized spacial score (nSPS) is 14.1. The van der Waals surface area contributed by atoms with Gasteiger partial charge in [-0.1, -0.05) is 0 Å². The van der Waals surface area contributed by atoms with Gasteiger partial charge < -0.3 is 52.8 Å². The van der Waals surface area contributed by atoms with Crippen molar-refractivity contribution in [2.45, 2.75) is 31.0 Å². The van der Waals surface area contributed by atoms with Gasteiger partial charge in [0.15, 0.2) is 5.96 Å². The molecule has 0 saturated heterocycles. The summed E-state index contributed by atoms with van der Waals surface area (Å²) in [5.41, 5.74) is 10.8. The van der Waals surface area contributed by atoms with Crippen LogP contribution in [0.15, 0.2) is 0 Å². The molecular weight excluding hydrogens is 434 g/mol. The van der Waals surface area contributed by atoms with E-state index in [1.165, 1.54) is 0 Å². The Hall–Kier alpha value is -3.79. The number of carboxylic acid groups (broad SMARTS) is 2. The molecule has 0 aliphatic carbocycles. The van der Waals surface area contributed by atoms with Crippen LogP contribution in [0.2, 0.25) is 0 Å². The number of aldehydes is 1. The Morgan fingerprint density at radius 1 is 1.00 bits per heavy atom. The van der Waals surface area contributed by atoms with E-state index < -0.39 is 73.3 Å². The molecule has 0 aromatic rings. The van der Waals surface area contributed by atoms with E-state index in [4.69, 9.17) is 32.2 Å². The van der Waals surface area contributed by atoms with E-state index in [0.29, 0.717) is 6.29 Å². The van der Waals surface area contributed by atoms with Crippen molar-refractivity contribution in [1.29, 1.82) is 5.41 Å². The van der Waals surface area contributed by atoms with Gasteiger partial charge in [-0.25, -0.2) is 4.79 Å². The predicted octanol–water partition coefficient (Wildman–Crippen LogP) is -5.36. The van der Waals surface area contributed by atoms with Gasteiger partial charge in [0.1, 0.15) is 18.4 Å². The molecule has 3 amide bonds. The van der Waals surface area contributed by atoms with Crippen LogP contribution in [0.25, 0.3) is 0 Å². The number of nitrogens with two attached hydrogens (primary N) is 2. The smallest absolute Gasteiger partial charge is 0.328 e. The average Bonchev–Trinajstić information content (AvgIpc) is 2.71. The first-order valence-corrected chi connectivity index (χ1v) is 9.14. The SMILES string of the molecule is N=C(N)NCCC(C=O)[C@H](N)C(=O)NCC(=O)N[C@@H](CC(=O)O)C(=O)N[C@@H](CO)C(=O)O. The van der Waals surface area contributed by atoms with Crippen LogP contribution >= 0.6 is 0 Å². The number of guanidine groups is 1. The summed E-state index contributed by atoms with van der Waals surface area (Å²) in [6.07, 6.45) is -0.404. The minimum atomic E-state index is -1.72. The van der Waals surface area contributed by atoms with E-state index in [1.54, 1.807) is 0 Å². The number of aliphatic carboxylic acids is 2. The number of carbonyl (C=O) groups excluding carboxylic acids is 4. The Morgan fingerprint density at radius 3 is 2.09 bits per heavy atom. The highest BCUT2D eigenvalue weighted by atomic mass is 16.4. The van der Waals surface area contributed by atoms with Crippen molar-refractivity contribution >= 4 is 41.9 Å². The summed E-state index contributed by atoms with van der Waals surface area (Å²) in [6.45, 7) is -1.60. The fourth-order valence-electron chi connectivity index (χ4n) is 2.27. The molecule has 180 valence electrons. The molecular formula is C16H27N7O9. The van der Waals surface area contributed by atoms with E-state index >= 15 is 0 Å². The molecule has 12 N–H and O–H groups in total. The molecule has 32 heavy (non-hydrogen) atoms. The highest BCUT2D eigenvalue weighted by Crippen LogP contribution is 2.04. The zero-order chi connectivity index (χ0) is 24.8. The van der Waals surface area contributed by atoms with Crippen molar-refractivity contribution in [2.24, 2.45) is 17.4 Å². The summed E-state index contributed by atoms with van der Waals surface area (Å²) in [7, 11) is 0. The minimum absolute atomic E-state index is 0.0698. The highest BCUT2D eigenvalue weighted by molar-refractivity contribution is 5.94. The predicted molar refractivity (Wildman–Crippen MR) is 106 cm³/mol. The lowest BCUT2D eigenvalue weighted by molar-refractivity contribution is -0.144. The molecule has 0 spiro atoms. The quantitative estimate of drug-likeness (QED) is 0.0621. The Morgan fingerprint density at radius 2 is 1.62 bits per heavy atom. The number of hydrogen-bond donors (Lipinski definition) is 10. The second-order valence-electron chi connectivity index (χ2n) is 6.47. The van der Waals surface area contributed by atoms with Crippen LogP contribution in [0.1, 0.15) is 12.8 Å². The first kappa shape index (κ1) is 28.2. The Labute approximate surface area is 181 Å². The zero-order valence-corrected chi connectivity index (χ0v) is 16.9. The molecule has 0 heterocycles.